The maximum absolute atomic E-state index is 11.7. The number of unbranched alkanes of at least 4 members (excludes halogenated alkanes) is 17. The van der Waals surface area contributed by atoms with E-state index in [4.69, 9.17) is 9.47 Å². The molecule has 0 fully saturated rings. The monoisotopic (exact) mass is 506 g/mol. The van der Waals surface area contributed by atoms with Crippen molar-refractivity contribution in [2.75, 3.05) is 13.2 Å². The van der Waals surface area contributed by atoms with Crippen molar-refractivity contribution in [1.82, 2.24) is 0 Å². The smallest absolute Gasteiger partial charge is 0.434 e. The van der Waals surface area contributed by atoms with E-state index in [0.29, 0.717) is 13.2 Å². The molecule has 3 heteroatoms. The van der Waals surface area contributed by atoms with Gasteiger partial charge in [0.25, 0.3) is 0 Å². The minimum Gasteiger partial charge on any atom is -0.434 e. The van der Waals surface area contributed by atoms with E-state index in [9.17, 15) is 4.79 Å². The summed E-state index contributed by atoms with van der Waals surface area (Å²) in [6.45, 7) is 7.86. The van der Waals surface area contributed by atoms with Gasteiger partial charge in [-0.1, -0.05) is 141 Å². The lowest BCUT2D eigenvalue weighted by molar-refractivity contribution is 0.0529. The summed E-state index contributed by atoms with van der Waals surface area (Å²) in [5.41, 5.74) is 0. The van der Waals surface area contributed by atoms with Crippen molar-refractivity contribution >= 4 is 6.16 Å². The van der Waals surface area contributed by atoms with E-state index < -0.39 is 6.16 Å². The molecule has 0 unspecified atom stereocenters. The zero-order valence-corrected chi connectivity index (χ0v) is 24.6. The third-order valence-electron chi connectivity index (χ3n) is 6.71. The Labute approximate surface area is 225 Å². The van der Waals surface area contributed by atoms with Crippen LogP contribution in [0.1, 0.15) is 162 Å². The number of hydrogen-bond donors (Lipinski definition) is 0. The van der Waals surface area contributed by atoms with Gasteiger partial charge in [0, 0.05) is 0 Å². The summed E-state index contributed by atoms with van der Waals surface area (Å²) in [5.74, 6) is 0.847. The molecule has 0 aromatic rings. The van der Waals surface area contributed by atoms with Crippen LogP contribution >= 0.6 is 0 Å². The van der Waals surface area contributed by atoms with Gasteiger partial charge in [0.2, 0.25) is 0 Å². The summed E-state index contributed by atoms with van der Waals surface area (Å²) in [6, 6.07) is 0. The van der Waals surface area contributed by atoms with Crippen molar-refractivity contribution in [3.05, 3.63) is 24.3 Å². The molecular weight excluding hydrogens is 444 g/mol. The predicted molar refractivity (Wildman–Crippen MR) is 158 cm³/mol. The first-order chi connectivity index (χ1) is 17.7. The molecule has 0 N–H and O–H groups in total. The first-order valence-electron chi connectivity index (χ1n) is 15.8. The van der Waals surface area contributed by atoms with Crippen LogP contribution in [0.5, 0.6) is 0 Å². The van der Waals surface area contributed by atoms with Gasteiger partial charge in [0.05, 0.1) is 13.2 Å². The Morgan fingerprint density at radius 2 is 0.972 bits per heavy atom. The van der Waals surface area contributed by atoms with Gasteiger partial charge in [0.15, 0.2) is 0 Å². The highest BCUT2D eigenvalue weighted by atomic mass is 16.7. The highest BCUT2D eigenvalue weighted by Gasteiger charge is 2.03. The molecule has 0 aromatic carbocycles. The molecule has 212 valence electrons. The molecule has 0 aliphatic rings. The van der Waals surface area contributed by atoms with E-state index in [1.165, 1.54) is 109 Å². The van der Waals surface area contributed by atoms with E-state index in [1.807, 2.05) is 0 Å². The summed E-state index contributed by atoms with van der Waals surface area (Å²) >= 11 is 0. The highest BCUT2D eigenvalue weighted by molar-refractivity contribution is 5.59. The largest absolute Gasteiger partial charge is 0.508 e. The molecule has 0 heterocycles. The molecule has 3 nitrogen and oxygen atoms in total. The topological polar surface area (TPSA) is 35.5 Å². The van der Waals surface area contributed by atoms with Crippen LogP contribution in [0, 0.1) is 5.92 Å². The Bertz CT molecular complexity index is 495. The Kier molecular flexibility index (Phi) is 28.9. The molecule has 0 aromatic heterocycles. The molecule has 0 saturated heterocycles. The maximum atomic E-state index is 11.7. The molecule has 0 atom stereocenters. The van der Waals surface area contributed by atoms with Crippen molar-refractivity contribution in [3.8, 4) is 0 Å². The van der Waals surface area contributed by atoms with Gasteiger partial charge in [-0.05, 0) is 50.9 Å². The lowest BCUT2D eigenvalue weighted by atomic mass is 10.0. The number of carbonyl (C=O) groups is 1. The number of hydrogen-bond acceptors (Lipinski definition) is 3. The standard InChI is InChI=1S/C33H62O3/c1-4-5-6-7-8-9-10-11-12-13-14-15-18-21-24-27-30-35-33(34)36-31-28-25-22-19-16-17-20-23-26-29-32(2)3/h8-9,11-12,32H,4-7,10,13-31H2,1-3H3. The van der Waals surface area contributed by atoms with Crippen molar-refractivity contribution < 1.29 is 14.3 Å². The average molecular weight is 507 g/mol. The fraction of sp³-hybridized carbons (Fsp3) is 0.848. The normalized spacial score (nSPS) is 11.8. The van der Waals surface area contributed by atoms with Crippen molar-refractivity contribution in [2.24, 2.45) is 5.92 Å². The van der Waals surface area contributed by atoms with Crippen LogP contribution < -0.4 is 0 Å². The summed E-state index contributed by atoms with van der Waals surface area (Å²) < 4.78 is 10.4. The number of ether oxygens (including phenoxy) is 2. The molecule has 0 amide bonds. The number of allylic oxidation sites excluding steroid dienone is 4. The lowest BCUT2D eigenvalue weighted by Crippen LogP contribution is -2.09. The van der Waals surface area contributed by atoms with Gasteiger partial charge < -0.3 is 9.47 Å². The van der Waals surface area contributed by atoms with Crippen LogP contribution in [-0.2, 0) is 9.47 Å². The molecule has 0 rings (SSSR count). The minimum absolute atomic E-state index is 0.487. The quantitative estimate of drug-likeness (QED) is 0.0631. The van der Waals surface area contributed by atoms with Crippen LogP contribution in [-0.4, -0.2) is 19.4 Å². The van der Waals surface area contributed by atoms with Crippen LogP contribution in [0.25, 0.3) is 0 Å². The van der Waals surface area contributed by atoms with Gasteiger partial charge in [-0.3, -0.25) is 0 Å². The van der Waals surface area contributed by atoms with Crippen LogP contribution in [0.2, 0.25) is 0 Å². The van der Waals surface area contributed by atoms with Gasteiger partial charge in [-0.2, -0.15) is 0 Å². The van der Waals surface area contributed by atoms with Crippen LogP contribution in [0.15, 0.2) is 24.3 Å². The van der Waals surface area contributed by atoms with Gasteiger partial charge in [-0.15, -0.1) is 0 Å². The van der Waals surface area contributed by atoms with E-state index in [2.05, 4.69) is 45.1 Å². The second-order valence-corrected chi connectivity index (χ2v) is 10.9. The van der Waals surface area contributed by atoms with Gasteiger partial charge in [0.1, 0.15) is 0 Å². The number of carbonyl (C=O) groups excluding carboxylic acids is 1. The zero-order chi connectivity index (χ0) is 26.4. The van der Waals surface area contributed by atoms with E-state index in [1.54, 1.807) is 0 Å². The Balaban J connectivity index is 3.23. The minimum atomic E-state index is -0.487. The third-order valence-corrected chi connectivity index (χ3v) is 6.71. The van der Waals surface area contributed by atoms with Gasteiger partial charge >= 0.3 is 6.16 Å². The fourth-order valence-electron chi connectivity index (χ4n) is 4.34. The molecule has 0 radical (unpaired) electrons. The molecule has 0 spiro atoms. The molecular formula is C33H62O3. The molecule has 0 aliphatic carbocycles. The summed E-state index contributed by atoms with van der Waals surface area (Å²) in [7, 11) is 0. The molecule has 36 heavy (non-hydrogen) atoms. The number of rotatable bonds is 27. The van der Waals surface area contributed by atoms with Crippen LogP contribution in [0.3, 0.4) is 0 Å². The second kappa shape index (κ2) is 30.0. The first-order valence-corrected chi connectivity index (χ1v) is 15.8. The Hall–Kier alpha value is -1.25. The van der Waals surface area contributed by atoms with E-state index >= 15 is 0 Å². The van der Waals surface area contributed by atoms with E-state index in [-0.39, 0.29) is 0 Å². The third kappa shape index (κ3) is 30.8. The van der Waals surface area contributed by atoms with E-state index in [0.717, 1.165) is 38.0 Å². The summed E-state index contributed by atoms with van der Waals surface area (Å²) in [6.07, 6.45) is 36.3. The molecule has 0 bridgehead atoms. The lowest BCUT2D eigenvalue weighted by Gasteiger charge is -2.07. The second-order valence-electron chi connectivity index (χ2n) is 10.9. The Morgan fingerprint density at radius 1 is 0.556 bits per heavy atom. The highest BCUT2D eigenvalue weighted by Crippen LogP contribution is 2.13. The van der Waals surface area contributed by atoms with Crippen LogP contribution in [0.4, 0.5) is 4.79 Å². The zero-order valence-electron chi connectivity index (χ0n) is 24.6. The fourth-order valence-corrected chi connectivity index (χ4v) is 4.34. The van der Waals surface area contributed by atoms with Crippen molar-refractivity contribution in [3.63, 3.8) is 0 Å². The molecule has 0 aliphatic heterocycles. The SMILES string of the molecule is CCCCCC=CCC=CCCCCCCCCOC(=O)OCCCCCCCCCCCC(C)C. The van der Waals surface area contributed by atoms with Crippen molar-refractivity contribution in [1.29, 1.82) is 0 Å². The van der Waals surface area contributed by atoms with Crippen molar-refractivity contribution in [2.45, 2.75) is 162 Å². The summed E-state index contributed by atoms with van der Waals surface area (Å²) in [4.78, 5) is 11.7. The predicted octanol–water partition coefficient (Wildman–Crippen LogP) is 11.5. The maximum Gasteiger partial charge on any atom is 0.508 e. The Morgan fingerprint density at radius 3 is 1.44 bits per heavy atom. The van der Waals surface area contributed by atoms with Gasteiger partial charge in [-0.25, -0.2) is 4.79 Å². The summed E-state index contributed by atoms with van der Waals surface area (Å²) in [5, 5.41) is 0. The average Bonchev–Trinajstić information content (AvgIpc) is 2.86. The molecule has 0 saturated carbocycles. The first kappa shape index (κ1) is 34.8.